The van der Waals surface area contributed by atoms with Gasteiger partial charge in [0, 0.05) is 13.1 Å². The Balaban J connectivity index is 2.96. The normalized spacial score (nSPS) is 11.5. The molecule has 0 amide bonds. The molecule has 1 aromatic heterocycles. The molecule has 10 heteroatoms. The van der Waals surface area contributed by atoms with E-state index in [9.17, 15) is 18.5 Å². The first kappa shape index (κ1) is 14.4. The molecule has 1 aromatic rings. The molecule has 0 bridgehead atoms. The number of rotatable bonds is 6. The standard InChI is InChI=1S/C8H15N5O4S/c1-3-12-8(10-4-5-18(9,16)17)7(13(14)15)6(2)11-12/h10H,3-5H2,1-2H3,(H2,9,16,17). The summed E-state index contributed by atoms with van der Waals surface area (Å²) in [6.45, 7) is 3.73. The lowest BCUT2D eigenvalue weighted by molar-refractivity contribution is -0.384. The zero-order chi connectivity index (χ0) is 13.9. The molecule has 9 nitrogen and oxygen atoms in total. The number of aromatic nitrogens is 2. The van der Waals surface area contributed by atoms with Crippen molar-refractivity contribution in [1.29, 1.82) is 0 Å². The van der Waals surface area contributed by atoms with Crippen molar-refractivity contribution in [3.8, 4) is 0 Å². The minimum absolute atomic E-state index is 0.00912. The van der Waals surface area contributed by atoms with Crippen LogP contribution in [0.15, 0.2) is 0 Å². The van der Waals surface area contributed by atoms with Crippen molar-refractivity contribution in [3.63, 3.8) is 0 Å². The number of nitrogens with one attached hydrogen (secondary N) is 1. The zero-order valence-corrected chi connectivity index (χ0v) is 10.9. The Labute approximate surface area is 104 Å². The molecule has 0 unspecified atom stereocenters. The van der Waals surface area contributed by atoms with Gasteiger partial charge < -0.3 is 5.32 Å². The zero-order valence-electron chi connectivity index (χ0n) is 10.1. The van der Waals surface area contributed by atoms with Gasteiger partial charge in [0.05, 0.1) is 10.7 Å². The Hall–Kier alpha value is -1.68. The fraction of sp³-hybridized carbons (Fsp3) is 0.625. The van der Waals surface area contributed by atoms with E-state index < -0.39 is 14.9 Å². The predicted octanol–water partition coefficient (Wildman–Crippen LogP) is -0.180. The summed E-state index contributed by atoms with van der Waals surface area (Å²) in [4.78, 5) is 10.4. The van der Waals surface area contributed by atoms with Gasteiger partial charge in [-0.05, 0) is 13.8 Å². The number of aryl methyl sites for hydroxylation is 2. The number of nitrogens with two attached hydrogens (primary N) is 1. The van der Waals surface area contributed by atoms with Crippen molar-refractivity contribution in [2.75, 3.05) is 17.6 Å². The van der Waals surface area contributed by atoms with Crippen LogP contribution in [0.25, 0.3) is 0 Å². The van der Waals surface area contributed by atoms with E-state index in [1.54, 1.807) is 6.92 Å². The van der Waals surface area contributed by atoms with Crippen LogP contribution in [0.3, 0.4) is 0 Å². The minimum atomic E-state index is -3.60. The second-order valence-corrected chi connectivity index (χ2v) is 5.38. The van der Waals surface area contributed by atoms with E-state index in [2.05, 4.69) is 10.4 Å². The van der Waals surface area contributed by atoms with Crippen molar-refractivity contribution in [3.05, 3.63) is 15.8 Å². The van der Waals surface area contributed by atoms with Crippen molar-refractivity contribution < 1.29 is 13.3 Å². The molecule has 0 radical (unpaired) electrons. The second-order valence-electron chi connectivity index (χ2n) is 3.65. The largest absolute Gasteiger partial charge is 0.363 e. The van der Waals surface area contributed by atoms with Crippen LogP contribution in [0.4, 0.5) is 11.5 Å². The maximum atomic E-state index is 10.9. The molecule has 1 rings (SSSR count). The third-order valence-corrected chi connectivity index (χ3v) is 3.03. The van der Waals surface area contributed by atoms with Gasteiger partial charge in [-0.3, -0.25) is 10.1 Å². The maximum Gasteiger partial charge on any atom is 0.333 e. The van der Waals surface area contributed by atoms with Crippen LogP contribution in [0, 0.1) is 17.0 Å². The fourth-order valence-electron chi connectivity index (χ4n) is 1.51. The van der Waals surface area contributed by atoms with E-state index in [-0.39, 0.29) is 29.5 Å². The first-order valence-corrected chi connectivity index (χ1v) is 6.94. The van der Waals surface area contributed by atoms with Gasteiger partial charge in [0.25, 0.3) is 0 Å². The van der Waals surface area contributed by atoms with Crippen molar-refractivity contribution >= 4 is 21.5 Å². The summed E-state index contributed by atoms with van der Waals surface area (Å²) in [5.41, 5.74) is 0.131. The van der Waals surface area contributed by atoms with Gasteiger partial charge >= 0.3 is 5.69 Å². The van der Waals surface area contributed by atoms with Gasteiger partial charge in [-0.25, -0.2) is 18.2 Å². The summed E-state index contributed by atoms with van der Waals surface area (Å²) in [6, 6.07) is 0. The molecular weight excluding hydrogens is 262 g/mol. The number of nitrogens with zero attached hydrogens (tertiary/aromatic N) is 3. The van der Waals surface area contributed by atoms with Gasteiger partial charge in [-0.2, -0.15) is 5.10 Å². The fourth-order valence-corrected chi connectivity index (χ4v) is 1.89. The van der Waals surface area contributed by atoms with Gasteiger partial charge in [-0.15, -0.1) is 0 Å². The Morgan fingerprint density at radius 3 is 2.61 bits per heavy atom. The molecule has 0 aliphatic heterocycles. The van der Waals surface area contributed by atoms with Crippen LogP contribution in [0.1, 0.15) is 12.6 Å². The monoisotopic (exact) mass is 277 g/mol. The summed E-state index contributed by atoms with van der Waals surface area (Å²) < 4.78 is 23.0. The minimum Gasteiger partial charge on any atom is -0.363 e. The summed E-state index contributed by atoms with van der Waals surface area (Å²) in [6.07, 6.45) is 0. The lowest BCUT2D eigenvalue weighted by Gasteiger charge is -2.06. The summed E-state index contributed by atoms with van der Waals surface area (Å²) in [7, 11) is -3.60. The van der Waals surface area contributed by atoms with Crippen molar-refractivity contribution in [1.82, 2.24) is 9.78 Å². The Kier molecular flexibility index (Phi) is 4.24. The molecule has 0 atom stereocenters. The molecule has 0 aliphatic carbocycles. The molecular formula is C8H15N5O4S. The third-order valence-electron chi connectivity index (χ3n) is 2.26. The third kappa shape index (κ3) is 3.40. The Bertz CT molecular complexity index is 550. The Morgan fingerprint density at radius 2 is 2.17 bits per heavy atom. The molecule has 0 spiro atoms. The highest BCUT2D eigenvalue weighted by molar-refractivity contribution is 7.89. The molecule has 0 saturated heterocycles. The predicted molar refractivity (Wildman–Crippen MR) is 65.8 cm³/mol. The van der Waals surface area contributed by atoms with Gasteiger partial charge in [-0.1, -0.05) is 0 Å². The molecule has 0 aliphatic rings. The average molecular weight is 277 g/mol. The van der Waals surface area contributed by atoms with Gasteiger partial charge in [0.2, 0.25) is 15.8 Å². The van der Waals surface area contributed by atoms with Crippen LogP contribution >= 0.6 is 0 Å². The molecule has 3 N–H and O–H groups in total. The summed E-state index contributed by atoms with van der Waals surface area (Å²) >= 11 is 0. The number of sulfonamides is 1. The van der Waals surface area contributed by atoms with Crippen LogP contribution in [0.2, 0.25) is 0 Å². The molecule has 18 heavy (non-hydrogen) atoms. The molecule has 0 saturated carbocycles. The van der Waals surface area contributed by atoms with Crippen molar-refractivity contribution in [2.24, 2.45) is 5.14 Å². The highest BCUT2D eigenvalue weighted by Crippen LogP contribution is 2.27. The van der Waals surface area contributed by atoms with Crippen molar-refractivity contribution in [2.45, 2.75) is 20.4 Å². The lowest BCUT2D eigenvalue weighted by atomic mass is 10.4. The highest BCUT2D eigenvalue weighted by atomic mass is 32.2. The van der Waals surface area contributed by atoms with E-state index in [0.717, 1.165) is 0 Å². The maximum absolute atomic E-state index is 10.9. The van der Waals surface area contributed by atoms with Crippen LogP contribution < -0.4 is 10.5 Å². The summed E-state index contributed by atoms with van der Waals surface area (Å²) in [5, 5.41) is 22.4. The number of anilines is 1. The number of hydrogen-bond acceptors (Lipinski definition) is 6. The van der Waals surface area contributed by atoms with E-state index >= 15 is 0 Å². The summed E-state index contributed by atoms with van der Waals surface area (Å²) in [5.74, 6) is -0.110. The SMILES string of the molecule is CCn1nc(C)c([N+](=O)[O-])c1NCCS(N)(=O)=O. The smallest absolute Gasteiger partial charge is 0.333 e. The van der Waals surface area contributed by atoms with E-state index in [1.807, 2.05) is 0 Å². The lowest BCUT2D eigenvalue weighted by Crippen LogP contribution is -2.23. The topological polar surface area (TPSA) is 133 Å². The van der Waals surface area contributed by atoms with Gasteiger partial charge in [0.1, 0.15) is 5.69 Å². The van der Waals surface area contributed by atoms with Crippen LogP contribution in [-0.4, -0.2) is 35.4 Å². The second kappa shape index (κ2) is 5.31. The molecule has 102 valence electrons. The average Bonchev–Trinajstić information content (AvgIpc) is 2.53. The molecule has 0 fully saturated rings. The van der Waals surface area contributed by atoms with Gasteiger partial charge in [0.15, 0.2) is 0 Å². The number of hydrogen-bond donors (Lipinski definition) is 2. The van der Waals surface area contributed by atoms with Crippen LogP contribution in [0.5, 0.6) is 0 Å². The van der Waals surface area contributed by atoms with E-state index in [0.29, 0.717) is 6.54 Å². The number of primary sulfonamides is 1. The first-order chi connectivity index (χ1) is 8.26. The van der Waals surface area contributed by atoms with E-state index in [4.69, 9.17) is 5.14 Å². The molecule has 0 aromatic carbocycles. The Morgan fingerprint density at radius 1 is 1.56 bits per heavy atom. The first-order valence-electron chi connectivity index (χ1n) is 5.22. The number of nitro groups is 1. The highest BCUT2D eigenvalue weighted by Gasteiger charge is 2.24. The molecule has 1 heterocycles. The quantitative estimate of drug-likeness (QED) is 0.547. The van der Waals surface area contributed by atoms with E-state index in [1.165, 1.54) is 11.6 Å². The van der Waals surface area contributed by atoms with Crippen LogP contribution in [-0.2, 0) is 16.6 Å².